The maximum atomic E-state index is 14.8. The molecule has 3 amide bonds. The molecule has 3 rings (SSSR count). The third kappa shape index (κ3) is 15.1. The number of carboxylic acids is 1. The van der Waals surface area contributed by atoms with E-state index in [2.05, 4.69) is 27.4 Å². The zero-order valence-electron chi connectivity index (χ0n) is 35.3. The molecule has 3 N–H and O–H groups in total. The van der Waals surface area contributed by atoms with Gasteiger partial charge in [-0.3, -0.25) is 28.9 Å². The zero-order chi connectivity index (χ0) is 42.1. The topological polar surface area (TPSA) is 167 Å². The number of likely N-dealkylation sites (N-methyl/N-ethyl adjacent to an activating group) is 1. The number of aromatic nitrogens is 1. The molecule has 1 aromatic heterocycles. The van der Waals surface area contributed by atoms with Crippen LogP contribution in [0.25, 0.3) is 0 Å². The number of carboxylic acid groups (broad SMARTS) is 1. The summed E-state index contributed by atoms with van der Waals surface area (Å²) in [5.74, 6) is -3.34. The largest absolute Gasteiger partial charge is 0.481 e. The smallest absolute Gasteiger partial charge is 0.306 e. The van der Waals surface area contributed by atoms with Crippen molar-refractivity contribution in [1.82, 2.24) is 25.4 Å². The predicted octanol–water partition coefficient (Wildman–Crippen LogP) is 6.62. The first-order chi connectivity index (χ1) is 27.2. The number of carbonyl (C=O) groups is 5. The van der Waals surface area contributed by atoms with Gasteiger partial charge in [-0.05, 0) is 63.1 Å². The highest BCUT2D eigenvalue weighted by atomic mass is 32.1. The Balaban J connectivity index is 1.92. The van der Waals surface area contributed by atoms with Gasteiger partial charge in [0.25, 0.3) is 5.91 Å². The van der Waals surface area contributed by atoms with Gasteiger partial charge in [0.05, 0.1) is 12.0 Å². The fraction of sp³-hybridized carbons (Fsp3) is 0.674. The van der Waals surface area contributed by atoms with Crippen molar-refractivity contribution in [3.05, 3.63) is 52.0 Å². The molecule has 0 spiro atoms. The maximum absolute atomic E-state index is 14.8. The summed E-state index contributed by atoms with van der Waals surface area (Å²) >= 11 is 1.18. The number of hydrogen-bond acceptors (Lipinski definition) is 10. The van der Waals surface area contributed by atoms with Gasteiger partial charge < -0.3 is 30.1 Å². The van der Waals surface area contributed by atoms with Crippen LogP contribution in [0.3, 0.4) is 0 Å². The fourth-order valence-corrected chi connectivity index (χ4v) is 8.09. The number of hydrogen-bond donors (Lipinski definition) is 3. The van der Waals surface area contributed by atoms with E-state index in [1.165, 1.54) is 18.3 Å². The van der Waals surface area contributed by atoms with Gasteiger partial charge in [-0.2, -0.15) is 0 Å². The normalized spacial score (nSPS) is 17.8. The number of unbranched alkanes of at least 4 members (excludes halogenated alkanes) is 2. The van der Waals surface area contributed by atoms with Crippen molar-refractivity contribution in [1.29, 1.82) is 0 Å². The molecule has 1 saturated heterocycles. The molecule has 1 aromatic carbocycles. The monoisotopic (exact) mass is 813 g/mol. The van der Waals surface area contributed by atoms with Gasteiger partial charge in [-0.1, -0.05) is 97.6 Å². The predicted molar refractivity (Wildman–Crippen MR) is 222 cm³/mol. The molecular formula is C43H67N5O8S. The molecule has 2 aromatic rings. The summed E-state index contributed by atoms with van der Waals surface area (Å²) < 4.78 is 12.0. The van der Waals surface area contributed by atoms with Gasteiger partial charge in [0.1, 0.15) is 23.5 Å². The molecule has 7 atom stereocenters. The summed E-state index contributed by atoms with van der Waals surface area (Å²) in [7, 11) is 1.94. The molecule has 0 radical (unpaired) electrons. The van der Waals surface area contributed by atoms with Crippen molar-refractivity contribution in [3.63, 3.8) is 0 Å². The molecular weight excluding hydrogens is 747 g/mol. The maximum Gasteiger partial charge on any atom is 0.306 e. The van der Waals surface area contributed by atoms with E-state index in [0.717, 1.165) is 50.6 Å². The van der Waals surface area contributed by atoms with Crippen LogP contribution in [0.5, 0.6) is 0 Å². The van der Waals surface area contributed by atoms with E-state index < -0.39 is 48.0 Å². The SMILES string of the molecule is CCCCCOCN(C(=O)C(NC(=O)[C@H]1CCCCN1C)[C@@H](C)CC)[C@H](C[C@@H](OC(C)=O)c1nc(C(=O)N[C@@H](Cc2ccccc2)C[C@H](C)C(=O)O)cs1)C(C)C. The molecule has 13 nitrogen and oxygen atoms in total. The van der Waals surface area contributed by atoms with Crippen LogP contribution < -0.4 is 10.6 Å². The van der Waals surface area contributed by atoms with Crippen LogP contribution in [-0.2, 0) is 35.1 Å². The first-order valence-electron chi connectivity index (χ1n) is 20.8. The second-order valence-electron chi connectivity index (χ2n) is 16.0. The Morgan fingerprint density at radius 3 is 2.35 bits per heavy atom. The second-order valence-corrected chi connectivity index (χ2v) is 16.9. The number of ether oxygens (including phenoxy) is 2. The minimum Gasteiger partial charge on any atom is -0.481 e. The molecule has 318 valence electrons. The first kappa shape index (κ1) is 47.5. The number of aliphatic carboxylic acids is 1. The highest BCUT2D eigenvalue weighted by molar-refractivity contribution is 7.09. The average Bonchev–Trinajstić information content (AvgIpc) is 3.67. The second kappa shape index (κ2) is 24.1. The van der Waals surface area contributed by atoms with Crippen LogP contribution in [-0.4, -0.2) is 101 Å². The summed E-state index contributed by atoms with van der Waals surface area (Å²) in [6.45, 7) is 14.3. The molecule has 1 unspecified atom stereocenters. The Labute approximate surface area is 343 Å². The lowest BCUT2D eigenvalue weighted by atomic mass is 9.92. The van der Waals surface area contributed by atoms with Crippen molar-refractivity contribution in [2.75, 3.05) is 26.9 Å². The lowest BCUT2D eigenvalue weighted by Gasteiger charge is -2.40. The summed E-state index contributed by atoms with van der Waals surface area (Å²) in [6, 6.07) is 7.47. The number of nitrogens with zero attached hydrogens (tertiary/aromatic N) is 3. The van der Waals surface area contributed by atoms with E-state index in [-0.39, 0.29) is 55.0 Å². The standard InChI is InChI=1S/C43H67N5O8S/c1-9-11-17-22-55-27-48(42(52)38(29(5)10-2)46-40(51)35-20-15-16-21-47(35)8)36(28(3)4)25-37(56-31(7)49)41-45-34(26-57-41)39(50)44-33(23-30(6)43(53)54)24-32-18-13-12-14-19-32/h12-14,18-19,26,28-30,33,35-38H,9-11,15-17,20-25,27H2,1-8H3,(H,44,50)(H,46,51)(H,53,54)/t29-,30-,33+,35+,36+,37+,38?/m0/s1. The number of benzene rings is 1. The summed E-state index contributed by atoms with van der Waals surface area (Å²) in [5, 5.41) is 17.7. The first-order valence-corrected chi connectivity index (χ1v) is 21.6. The van der Waals surface area contributed by atoms with Gasteiger partial charge in [0.2, 0.25) is 11.8 Å². The van der Waals surface area contributed by atoms with E-state index in [0.29, 0.717) is 24.5 Å². The van der Waals surface area contributed by atoms with E-state index in [1.807, 2.05) is 65.1 Å². The van der Waals surface area contributed by atoms with Crippen molar-refractivity contribution in [2.45, 2.75) is 143 Å². The Morgan fingerprint density at radius 2 is 1.74 bits per heavy atom. The summed E-state index contributed by atoms with van der Waals surface area (Å²) in [5.41, 5.74) is 1.08. The molecule has 57 heavy (non-hydrogen) atoms. The molecule has 1 fully saturated rings. The molecule has 0 bridgehead atoms. The minimum absolute atomic E-state index is 0.00653. The van der Waals surface area contributed by atoms with E-state index in [1.54, 1.807) is 17.2 Å². The van der Waals surface area contributed by atoms with Gasteiger partial charge in [-0.25, -0.2) is 4.98 Å². The number of amides is 3. The molecule has 0 aliphatic carbocycles. The molecule has 14 heteroatoms. The van der Waals surface area contributed by atoms with Crippen LogP contribution in [0.2, 0.25) is 0 Å². The van der Waals surface area contributed by atoms with Crippen molar-refractivity contribution in [2.24, 2.45) is 17.8 Å². The highest BCUT2D eigenvalue weighted by Gasteiger charge is 2.39. The third-order valence-corrected chi connectivity index (χ3v) is 11.9. The molecule has 2 heterocycles. The van der Waals surface area contributed by atoms with Crippen LogP contribution in [0.15, 0.2) is 35.7 Å². The number of thiazole rings is 1. The van der Waals surface area contributed by atoms with Crippen LogP contribution >= 0.6 is 11.3 Å². The number of likely N-dealkylation sites (tertiary alicyclic amines) is 1. The quantitative estimate of drug-likeness (QED) is 0.0596. The van der Waals surface area contributed by atoms with Crippen molar-refractivity contribution < 1.29 is 38.6 Å². The highest BCUT2D eigenvalue weighted by Crippen LogP contribution is 2.32. The summed E-state index contributed by atoms with van der Waals surface area (Å²) in [6.07, 6.45) is 6.17. The lowest BCUT2D eigenvalue weighted by Crippen LogP contribution is -2.59. The van der Waals surface area contributed by atoms with Gasteiger partial charge in [0.15, 0.2) is 6.10 Å². The number of piperidine rings is 1. The van der Waals surface area contributed by atoms with Crippen molar-refractivity contribution in [3.8, 4) is 0 Å². The molecule has 1 aliphatic rings. The molecule has 1 aliphatic heterocycles. The van der Waals surface area contributed by atoms with E-state index in [4.69, 9.17) is 9.47 Å². The fourth-order valence-electron chi connectivity index (χ4n) is 7.25. The molecule has 0 saturated carbocycles. The van der Waals surface area contributed by atoms with Gasteiger partial charge >= 0.3 is 11.9 Å². The number of esters is 1. The lowest BCUT2D eigenvalue weighted by molar-refractivity contribution is -0.153. The van der Waals surface area contributed by atoms with Crippen LogP contribution in [0, 0.1) is 17.8 Å². The van der Waals surface area contributed by atoms with Crippen molar-refractivity contribution >= 4 is 41.0 Å². The Kier molecular flexibility index (Phi) is 20.1. The minimum atomic E-state index is -0.948. The van der Waals surface area contributed by atoms with Crippen LogP contribution in [0.4, 0.5) is 0 Å². The average molecular weight is 814 g/mol. The number of rotatable bonds is 24. The van der Waals surface area contributed by atoms with Crippen LogP contribution in [0.1, 0.15) is 133 Å². The summed E-state index contributed by atoms with van der Waals surface area (Å²) in [4.78, 5) is 74.8. The Bertz CT molecular complexity index is 1570. The third-order valence-electron chi connectivity index (χ3n) is 10.9. The Hall–Kier alpha value is -3.88. The Morgan fingerprint density at radius 1 is 1.02 bits per heavy atom. The van der Waals surface area contributed by atoms with E-state index in [9.17, 15) is 29.1 Å². The van der Waals surface area contributed by atoms with Gasteiger partial charge in [-0.15, -0.1) is 11.3 Å². The van der Waals surface area contributed by atoms with E-state index >= 15 is 0 Å². The number of carbonyl (C=O) groups excluding carboxylic acids is 4. The number of nitrogens with one attached hydrogen (secondary N) is 2. The van der Waals surface area contributed by atoms with Gasteiger partial charge in [0, 0.05) is 37.4 Å². The zero-order valence-corrected chi connectivity index (χ0v) is 36.1.